The highest BCUT2D eigenvalue weighted by Crippen LogP contribution is 2.41. The monoisotopic (exact) mass is 829 g/mol. The van der Waals surface area contributed by atoms with Crippen molar-refractivity contribution in [3.8, 4) is 39.7 Å². The van der Waals surface area contributed by atoms with Gasteiger partial charge in [0.1, 0.15) is 29.0 Å². The summed E-state index contributed by atoms with van der Waals surface area (Å²) in [5.74, 6) is -1.97. The van der Waals surface area contributed by atoms with Gasteiger partial charge in [0, 0.05) is 96.3 Å². The van der Waals surface area contributed by atoms with Crippen molar-refractivity contribution in [3.05, 3.63) is 149 Å². The Hall–Kier alpha value is -6.57. The number of nitrogens with one attached hydrogen (secondary N) is 1. The van der Waals surface area contributed by atoms with Gasteiger partial charge >= 0.3 is 0 Å². The molecule has 0 unspecified atom stereocenters. The quantitative estimate of drug-likeness (QED) is 0.157. The van der Waals surface area contributed by atoms with Crippen LogP contribution in [0.25, 0.3) is 55.7 Å². The van der Waals surface area contributed by atoms with Crippen LogP contribution in [0.1, 0.15) is 35.6 Å². The first-order chi connectivity index (χ1) is 29.1. The fourth-order valence-corrected chi connectivity index (χ4v) is 7.54. The van der Waals surface area contributed by atoms with Crippen molar-refractivity contribution in [2.75, 3.05) is 25.6 Å². The van der Waals surface area contributed by atoms with Crippen molar-refractivity contribution in [3.63, 3.8) is 0 Å². The average Bonchev–Trinajstić information content (AvgIpc) is 3.26. The van der Waals surface area contributed by atoms with Crippen LogP contribution in [0.15, 0.2) is 104 Å². The topological polar surface area (TPSA) is 108 Å². The normalized spacial score (nSPS) is 12.9. The van der Waals surface area contributed by atoms with E-state index in [-0.39, 0.29) is 32.7 Å². The number of hydrogen-bond donors (Lipinski definition) is 1. The number of aromatic nitrogens is 6. The maximum atomic E-state index is 15.4. The minimum absolute atomic E-state index is 0.130. The Morgan fingerprint density at radius 3 is 1.95 bits per heavy atom. The van der Waals surface area contributed by atoms with Gasteiger partial charge in [0.2, 0.25) is 0 Å². The number of rotatable bonds is 7. The molecule has 0 atom stereocenters. The van der Waals surface area contributed by atoms with E-state index in [9.17, 15) is 13.2 Å². The Morgan fingerprint density at radius 1 is 0.717 bits per heavy atom. The SMILES string of the molecule is COc1cncc(-c2cnc(C3CCOCC3)cc2Nc2c(C)c(-c3ccccn3)nc3cc(F)cc(F)c23)c1.Cc1c(-c2ccccn2)nc2cc(F)cc(F)c2c1Cl. The number of methoxy groups -OCH3 is 1. The van der Waals surface area contributed by atoms with Crippen molar-refractivity contribution >= 4 is 44.8 Å². The second kappa shape index (κ2) is 17.3. The van der Waals surface area contributed by atoms with Gasteiger partial charge in [-0.2, -0.15) is 0 Å². The molecule has 1 fully saturated rings. The Morgan fingerprint density at radius 2 is 1.33 bits per heavy atom. The Bertz CT molecular complexity index is 2870. The highest BCUT2D eigenvalue weighted by Gasteiger charge is 2.23. The molecule has 0 aliphatic carbocycles. The van der Waals surface area contributed by atoms with Crippen LogP contribution < -0.4 is 10.1 Å². The Labute approximate surface area is 347 Å². The first-order valence-corrected chi connectivity index (χ1v) is 19.4. The second-order valence-corrected chi connectivity index (χ2v) is 14.5. The van der Waals surface area contributed by atoms with Crippen LogP contribution in [0.5, 0.6) is 5.75 Å². The molecule has 2 aromatic carbocycles. The third kappa shape index (κ3) is 8.18. The van der Waals surface area contributed by atoms with E-state index in [4.69, 9.17) is 26.1 Å². The van der Waals surface area contributed by atoms with Crippen LogP contribution in [0.3, 0.4) is 0 Å². The van der Waals surface area contributed by atoms with E-state index in [1.807, 2.05) is 43.3 Å². The smallest absolute Gasteiger partial charge is 0.137 e. The highest BCUT2D eigenvalue weighted by atomic mass is 35.5. The van der Waals surface area contributed by atoms with Crippen LogP contribution in [-0.2, 0) is 4.74 Å². The predicted octanol–water partition coefficient (Wildman–Crippen LogP) is 11.5. The fraction of sp³-hybridized carbons (Fsp3) is 0.174. The third-order valence-electron chi connectivity index (χ3n) is 10.3. The molecule has 1 aliphatic heterocycles. The lowest BCUT2D eigenvalue weighted by molar-refractivity contribution is 0.0845. The minimum Gasteiger partial charge on any atom is -0.495 e. The average molecular weight is 830 g/mol. The van der Waals surface area contributed by atoms with E-state index in [0.717, 1.165) is 47.9 Å². The van der Waals surface area contributed by atoms with Crippen molar-refractivity contribution in [2.24, 2.45) is 0 Å². The summed E-state index contributed by atoms with van der Waals surface area (Å²) in [6.45, 7) is 4.94. The largest absolute Gasteiger partial charge is 0.495 e. The van der Waals surface area contributed by atoms with Gasteiger partial charge in [-0.1, -0.05) is 23.7 Å². The maximum absolute atomic E-state index is 15.4. The van der Waals surface area contributed by atoms with Gasteiger partial charge in [-0.05, 0) is 68.7 Å². The molecular formula is C46H36ClF4N7O2. The zero-order valence-corrected chi connectivity index (χ0v) is 33.4. The van der Waals surface area contributed by atoms with Crippen molar-refractivity contribution in [2.45, 2.75) is 32.6 Å². The molecule has 14 heteroatoms. The summed E-state index contributed by atoms with van der Waals surface area (Å²) in [5.41, 5.74) is 7.56. The molecule has 302 valence electrons. The summed E-state index contributed by atoms with van der Waals surface area (Å²) < 4.78 is 67.9. The lowest BCUT2D eigenvalue weighted by Gasteiger charge is -2.24. The Kier molecular flexibility index (Phi) is 11.6. The molecule has 1 saturated heterocycles. The zero-order valence-electron chi connectivity index (χ0n) is 32.6. The molecule has 0 spiro atoms. The molecule has 9 nitrogen and oxygen atoms in total. The summed E-state index contributed by atoms with van der Waals surface area (Å²) in [4.78, 5) is 26.7. The van der Waals surface area contributed by atoms with Crippen LogP contribution in [0.2, 0.25) is 5.02 Å². The lowest BCUT2D eigenvalue weighted by atomic mass is 9.94. The van der Waals surface area contributed by atoms with E-state index in [2.05, 4.69) is 30.2 Å². The lowest BCUT2D eigenvalue weighted by Crippen LogP contribution is -2.15. The molecule has 9 rings (SSSR count). The van der Waals surface area contributed by atoms with Crippen LogP contribution in [-0.4, -0.2) is 50.2 Å². The van der Waals surface area contributed by atoms with Crippen molar-refractivity contribution < 1.29 is 27.0 Å². The van der Waals surface area contributed by atoms with E-state index in [1.54, 1.807) is 57.2 Å². The molecule has 6 aromatic heterocycles. The fourth-order valence-electron chi connectivity index (χ4n) is 7.26. The second-order valence-electron chi connectivity index (χ2n) is 14.1. The molecule has 8 aromatic rings. The van der Waals surface area contributed by atoms with Crippen molar-refractivity contribution in [1.82, 2.24) is 29.9 Å². The standard InChI is InChI=1S/C31H27F2N5O2.C15H9ClF2N2/c1-18-30(25-5-3-4-8-35-25)38-28-13-21(32)12-24(33)29(28)31(18)37-27-14-26(19-6-9-40-10-7-19)36-17-23(27)20-11-22(39-2)16-34-15-20;1-8-14(16)13-10(18)6-9(17)7-12(13)20-15(8)11-4-2-3-5-19-11/h3-5,8,11-17,19H,6-7,9-10H2,1-2H3,(H,36,37,38);2-7H,1H3. The summed E-state index contributed by atoms with van der Waals surface area (Å²) in [5, 5.41) is 4.05. The zero-order chi connectivity index (χ0) is 41.9. The minimum atomic E-state index is -0.715. The molecular weight excluding hydrogens is 794 g/mol. The van der Waals surface area contributed by atoms with Gasteiger partial charge in [0.15, 0.2) is 0 Å². The molecule has 0 saturated carbocycles. The van der Waals surface area contributed by atoms with Crippen LogP contribution in [0.4, 0.5) is 28.9 Å². The molecule has 60 heavy (non-hydrogen) atoms. The number of hydrogen-bond acceptors (Lipinski definition) is 9. The summed E-state index contributed by atoms with van der Waals surface area (Å²) >= 11 is 6.21. The van der Waals surface area contributed by atoms with Gasteiger partial charge in [-0.3, -0.25) is 19.9 Å². The molecule has 1 N–H and O–H groups in total. The Balaban J connectivity index is 0.000000208. The first-order valence-electron chi connectivity index (χ1n) is 19.0. The van der Waals surface area contributed by atoms with Crippen LogP contribution in [0, 0.1) is 37.1 Å². The number of halogens is 5. The van der Waals surface area contributed by atoms with E-state index < -0.39 is 23.3 Å². The molecule has 0 radical (unpaired) electrons. The molecule has 0 bridgehead atoms. The van der Waals surface area contributed by atoms with E-state index >= 15 is 4.39 Å². The number of ether oxygens (including phenoxy) is 2. The van der Waals surface area contributed by atoms with E-state index in [0.29, 0.717) is 64.2 Å². The summed E-state index contributed by atoms with van der Waals surface area (Å²) in [6.07, 6.45) is 10.2. The number of fused-ring (bicyclic) bond motifs is 2. The number of pyridine rings is 6. The number of anilines is 2. The van der Waals surface area contributed by atoms with Crippen LogP contribution >= 0.6 is 11.6 Å². The highest BCUT2D eigenvalue weighted by molar-refractivity contribution is 6.36. The molecule has 7 heterocycles. The first kappa shape index (κ1) is 40.2. The van der Waals surface area contributed by atoms with Gasteiger partial charge in [0.05, 0.1) is 68.6 Å². The molecule has 0 amide bonds. The summed E-state index contributed by atoms with van der Waals surface area (Å²) in [6, 6.07) is 18.8. The van der Waals surface area contributed by atoms with Gasteiger partial charge in [-0.25, -0.2) is 27.5 Å². The van der Waals surface area contributed by atoms with Gasteiger partial charge in [-0.15, -0.1) is 0 Å². The van der Waals surface area contributed by atoms with Crippen molar-refractivity contribution in [1.29, 1.82) is 0 Å². The number of benzene rings is 2. The van der Waals surface area contributed by atoms with Gasteiger partial charge in [0.25, 0.3) is 0 Å². The summed E-state index contributed by atoms with van der Waals surface area (Å²) in [7, 11) is 1.58. The number of nitrogens with zero attached hydrogens (tertiary/aromatic N) is 6. The predicted molar refractivity (Wildman–Crippen MR) is 224 cm³/mol. The van der Waals surface area contributed by atoms with E-state index in [1.165, 1.54) is 6.07 Å². The third-order valence-corrected chi connectivity index (χ3v) is 10.8. The van der Waals surface area contributed by atoms with Gasteiger partial charge < -0.3 is 14.8 Å². The molecule has 1 aliphatic rings. The maximum Gasteiger partial charge on any atom is 0.137 e.